The Hall–Kier alpha value is -0.350. The standard InChI is InChI=1S/C13H19P/c14-13-8-6-12(7-9-13)10-11-4-2-1-3-5-11/h1-5,12-13H,6-10,14H2. The first-order chi connectivity index (χ1) is 6.84. The minimum absolute atomic E-state index is 0.891. The van der Waals surface area contributed by atoms with E-state index in [0.717, 1.165) is 11.6 Å². The third-order valence-corrected chi connectivity index (χ3v) is 3.93. The van der Waals surface area contributed by atoms with Crippen LogP contribution in [0.25, 0.3) is 0 Å². The topological polar surface area (TPSA) is 0 Å². The SMILES string of the molecule is PC1CCC(Cc2ccccc2)CC1. The van der Waals surface area contributed by atoms with E-state index in [1.807, 2.05) is 0 Å². The minimum Gasteiger partial charge on any atom is -0.134 e. The molecule has 1 atom stereocenters. The van der Waals surface area contributed by atoms with Gasteiger partial charge in [-0.15, -0.1) is 9.24 Å². The van der Waals surface area contributed by atoms with E-state index in [9.17, 15) is 0 Å². The normalized spacial score (nSPS) is 27.5. The van der Waals surface area contributed by atoms with Crippen LogP contribution in [0.2, 0.25) is 0 Å². The molecule has 1 aliphatic carbocycles. The van der Waals surface area contributed by atoms with E-state index in [2.05, 4.69) is 39.6 Å². The van der Waals surface area contributed by atoms with E-state index >= 15 is 0 Å². The first kappa shape index (κ1) is 10.2. The predicted octanol–water partition coefficient (Wildman–Crippen LogP) is 3.66. The van der Waals surface area contributed by atoms with E-state index in [0.29, 0.717) is 0 Å². The van der Waals surface area contributed by atoms with Gasteiger partial charge in [0.2, 0.25) is 0 Å². The molecule has 1 fully saturated rings. The van der Waals surface area contributed by atoms with Gasteiger partial charge in [-0.1, -0.05) is 30.3 Å². The van der Waals surface area contributed by atoms with Crippen molar-refractivity contribution in [2.75, 3.05) is 0 Å². The van der Waals surface area contributed by atoms with Crippen LogP contribution >= 0.6 is 9.24 Å². The lowest BCUT2D eigenvalue weighted by Crippen LogP contribution is -2.15. The molecule has 1 aliphatic rings. The Morgan fingerprint density at radius 1 is 1.00 bits per heavy atom. The van der Waals surface area contributed by atoms with Gasteiger partial charge in [0.15, 0.2) is 0 Å². The van der Waals surface area contributed by atoms with Crippen LogP contribution in [0.15, 0.2) is 30.3 Å². The van der Waals surface area contributed by atoms with E-state index in [1.54, 1.807) is 0 Å². The highest BCUT2D eigenvalue weighted by molar-refractivity contribution is 7.17. The molecule has 0 radical (unpaired) electrons. The molecule has 1 aromatic rings. The first-order valence-corrected chi connectivity index (χ1v) is 6.31. The van der Waals surface area contributed by atoms with Crippen molar-refractivity contribution in [1.29, 1.82) is 0 Å². The molecule has 0 saturated heterocycles. The summed E-state index contributed by atoms with van der Waals surface area (Å²) in [4.78, 5) is 0. The Balaban J connectivity index is 1.87. The van der Waals surface area contributed by atoms with Gasteiger partial charge >= 0.3 is 0 Å². The van der Waals surface area contributed by atoms with Crippen molar-refractivity contribution in [2.24, 2.45) is 5.92 Å². The molecule has 2 rings (SSSR count). The van der Waals surface area contributed by atoms with Gasteiger partial charge in [0.05, 0.1) is 0 Å². The fraction of sp³-hybridized carbons (Fsp3) is 0.538. The predicted molar refractivity (Wildman–Crippen MR) is 65.6 cm³/mol. The van der Waals surface area contributed by atoms with Crippen LogP contribution in [-0.2, 0) is 6.42 Å². The molecule has 1 saturated carbocycles. The lowest BCUT2D eigenvalue weighted by molar-refractivity contribution is 0.363. The lowest BCUT2D eigenvalue weighted by Gasteiger charge is -2.25. The van der Waals surface area contributed by atoms with Crippen LogP contribution in [0, 0.1) is 5.92 Å². The first-order valence-electron chi connectivity index (χ1n) is 5.64. The second-order valence-electron chi connectivity index (χ2n) is 4.47. The van der Waals surface area contributed by atoms with Gasteiger partial charge in [0.25, 0.3) is 0 Å². The fourth-order valence-electron chi connectivity index (χ4n) is 2.34. The van der Waals surface area contributed by atoms with Crippen LogP contribution < -0.4 is 0 Å². The molecule has 1 unspecified atom stereocenters. The Labute approximate surface area is 89.3 Å². The Morgan fingerprint density at radius 2 is 1.64 bits per heavy atom. The van der Waals surface area contributed by atoms with Crippen molar-refractivity contribution in [2.45, 2.75) is 37.8 Å². The zero-order valence-electron chi connectivity index (χ0n) is 8.65. The molecule has 76 valence electrons. The van der Waals surface area contributed by atoms with E-state index < -0.39 is 0 Å². The summed E-state index contributed by atoms with van der Waals surface area (Å²) in [6.45, 7) is 0. The average Bonchev–Trinajstić information content (AvgIpc) is 2.23. The number of hydrogen-bond acceptors (Lipinski definition) is 0. The largest absolute Gasteiger partial charge is 0.134 e. The van der Waals surface area contributed by atoms with Gasteiger partial charge in [-0.05, 0) is 49.2 Å². The minimum atomic E-state index is 0.891. The molecule has 0 heterocycles. The molecule has 0 N–H and O–H groups in total. The maximum Gasteiger partial charge on any atom is -0.0250 e. The monoisotopic (exact) mass is 206 g/mol. The molecular formula is C13H19P. The van der Waals surface area contributed by atoms with Crippen molar-refractivity contribution in [3.8, 4) is 0 Å². The molecule has 0 aliphatic heterocycles. The van der Waals surface area contributed by atoms with Crippen LogP contribution in [0.1, 0.15) is 31.2 Å². The van der Waals surface area contributed by atoms with Gasteiger partial charge in [0.1, 0.15) is 0 Å². The highest BCUT2D eigenvalue weighted by Crippen LogP contribution is 2.30. The third kappa shape index (κ3) is 2.82. The Bertz CT molecular complexity index is 260. The summed E-state index contributed by atoms with van der Waals surface area (Å²) in [5.41, 5.74) is 2.40. The van der Waals surface area contributed by atoms with Crippen LogP contribution in [0.4, 0.5) is 0 Å². The van der Waals surface area contributed by atoms with E-state index in [4.69, 9.17) is 0 Å². The van der Waals surface area contributed by atoms with Crippen LogP contribution in [0.3, 0.4) is 0 Å². The average molecular weight is 206 g/mol. The molecule has 0 spiro atoms. The fourth-order valence-corrected chi connectivity index (χ4v) is 2.72. The molecule has 14 heavy (non-hydrogen) atoms. The summed E-state index contributed by atoms with van der Waals surface area (Å²) < 4.78 is 0. The summed E-state index contributed by atoms with van der Waals surface area (Å²) in [6, 6.07) is 10.9. The second-order valence-corrected chi connectivity index (χ2v) is 5.41. The smallest absolute Gasteiger partial charge is 0.0250 e. The molecule has 0 aromatic heterocycles. The number of rotatable bonds is 2. The Kier molecular flexibility index (Phi) is 3.59. The molecule has 0 amide bonds. The quantitative estimate of drug-likeness (QED) is 0.648. The van der Waals surface area contributed by atoms with E-state index in [1.165, 1.54) is 37.7 Å². The highest BCUT2D eigenvalue weighted by atomic mass is 31.0. The number of benzene rings is 1. The molecule has 0 bridgehead atoms. The van der Waals surface area contributed by atoms with Crippen molar-refractivity contribution >= 4 is 9.24 Å². The summed E-state index contributed by atoms with van der Waals surface area (Å²) in [5.74, 6) is 0.939. The molecule has 0 nitrogen and oxygen atoms in total. The molecular weight excluding hydrogens is 187 g/mol. The zero-order chi connectivity index (χ0) is 9.80. The van der Waals surface area contributed by atoms with Gasteiger partial charge in [-0.25, -0.2) is 0 Å². The van der Waals surface area contributed by atoms with Crippen molar-refractivity contribution < 1.29 is 0 Å². The Morgan fingerprint density at radius 3 is 2.29 bits per heavy atom. The van der Waals surface area contributed by atoms with Gasteiger partial charge in [0, 0.05) is 0 Å². The number of hydrogen-bond donors (Lipinski definition) is 0. The van der Waals surface area contributed by atoms with Gasteiger partial charge < -0.3 is 0 Å². The summed E-state index contributed by atoms with van der Waals surface area (Å²) >= 11 is 0. The van der Waals surface area contributed by atoms with Crippen LogP contribution in [0.5, 0.6) is 0 Å². The van der Waals surface area contributed by atoms with Crippen molar-refractivity contribution in [1.82, 2.24) is 0 Å². The summed E-state index contributed by atoms with van der Waals surface area (Å²) in [6.07, 6.45) is 6.94. The zero-order valence-corrected chi connectivity index (χ0v) is 9.81. The highest BCUT2D eigenvalue weighted by Gasteiger charge is 2.18. The van der Waals surface area contributed by atoms with E-state index in [-0.39, 0.29) is 0 Å². The maximum atomic E-state index is 2.97. The van der Waals surface area contributed by atoms with Crippen LogP contribution in [-0.4, -0.2) is 5.66 Å². The van der Waals surface area contributed by atoms with Crippen molar-refractivity contribution in [3.05, 3.63) is 35.9 Å². The lowest BCUT2D eigenvalue weighted by atomic mass is 9.84. The van der Waals surface area contributed by atoms with Crippen molar-refractivity contribution in [3.63, 3.8) is 0 Å². The van der Waals surface area contributed by atoms with Gasteiger partial charge in [-0.2, -0.15) is 0 Å². The second kappa shape index (κ2) is 4.94. The summed E-state index contributed by atoms with van der Waals surface area (Å²) in [7, 11) is 2.97. The molecule has 1 heteroatoms. The third-order valence-electron chi connectivity index (χ3n) is 3.26. The van der Waals surface area contributed by atoms with Gasteiger partial charge in [-0.3, -0.25) is 0 Å². The maximum absolute atomic E-state index is 2.97. The molecule has 1 aromatic carbocycles. The summed E-state index contributed by atoms with van der Waals surface area (Å²) in [5, 5.41) is 0.